The Bertz CT molecular complexity index is 780. The average Bonchev–Trinajstić information content (AvgIpc) is 2.81. The van der Waals surface area contributed by atoms with Crippen molar-refractivity contribution in [3.63, 3.8) is 0 Å². The van der Waals surface area contributed by atoms with Crippen LogP contribution in [-0.4, -0.2) is 15.9 Å². The molecule has 0 aliphatic rings. The van der Waals surface area contributed by atoms with Crippen molar-refractivity contribution in [1.82, 2.24) is 10.2 Å². The van der Waals surface area contributed by atoms with Crippen molar-refractivity contribution in [2.45, 2.75) is 27.7 Å². The van der Waals surface area contributed by atoms with Crippen LogP contribution in [0.15, 0.2) is 34.6 Å². The molecule has 0 unspecified atom stereocenters. The van der Waals surface area contributed by atoms with E-state index >= 15 is 0 Å². The first-order chi connectivity index (χ1) is 9.81. The Labute approximate surface area is 128 Å². The summed E-state index contributed by atoms with van der Waals surface area (Å²) in [5.74, 6) is -0.533. The van der Waals surface area contributed by atoms with Crippen molar-refractivity contribution in [3.8, 4) is 0 Å². The monoisotopic (exact) mass is 305 g/mol. The third kappa shape index (κ3) is 3.05. The SMILES string of the molecule is C=C(N=C(C)/C(F)=C(\C)Cl)c1[nH]nc2c(C)cc(C)cc12. The number of aryl methyl sites for hydroxylation is 2. The summed E-state index contributed by atoms with van der Waals surface area (Å²) in [6.07, 6.45) is 0. The van der Waals surface area contributed by atoms with Gasteiger partial charge in [-0.1, -0.05) is 29.8 Å². The third-order valence-corrected chi connectivity index (χ3v) is 3.37. The van der Waals surface area contributed by atoms with Gasteiger partial charge in [0.2, 0.25) is 0 Å². The van der Waals surface area contributed by atoms with Gasteiger partial charge in [0, 0.05) is 5.39 Å². The number of H-pyrrole nitrogens is 1. The number of hydrogen-bond acceptors (Lipinski definition) is 2. The molecule has 0 atom stereocenters. The van der Waals surface area contributed by atoms with E-state index in [1.165, 1.54) is 6.92 Å². The van der Waals surface area contributed by atoms with Crippen LogP contribution < -0.4 is 0 Å². The second kappa shape index (κ2) is 5.82. The predicted molar refractivity (Wildman–Crippen MR) is 87.4 cm³/mol. The van der Waals surface area contributed by atoms with Gasteiger partial charge in [-0.15, -0.1) is 0 Å². The first kappa shape index (κ1) is 15.4. The van der Waals surface area contributed by atoms with E-state index < -0.39 is 5.83 Å². The Morgan fingerprint density at radius 1 is 1.33 bits per heavy atom. The Kier molecular flexibility index (Phi) is 4.28. The lowest BCUT2D eigenvalue weighted by atomic mass is 10.1. The summed E-state index contributed by atoms with van der Waals surface area (Å²) in [6, 6.07) is 4.07. The van der Waals surface area contributed by atoms with Gasteiger partial charge in [0.15, 0.2) is 5.83 Å². The van der Waals surface area contributed by atoms with E-state index in [1.807, 2.05) is 19.9 Å². The Hall–Kier alpha value is -1.94. The molecule has 0 aliphatic heterocycles. The molecule has 1 aromatic carbocycles. The highest BCUT2D eigenvalue weighted by Crippen LogP contribution is 2.26. The molecular weight excluding hydrogens is 289 g/mol. The number of fused-ring (bicyclic) bond motifs is 1. The molecule has 1 heterocycles. The number of halogens is 2. The summed E-state index contributed by atoms with van der Waals surface area (Å²) in [6.45, 7) is 10.9. The molecule has 0 aliphatic carbocycles. The van der Waals surface area contributed by atoms with Crippen LogP contribution in [-0.2, 0) is 0 Å². The van der Waals surface area contributed by atoms with Crippen LogP contribution in [0, 0.1) is 13.8 Å². The van der Waals surface area contributed by atoms with Crippen molar-refractivity contribution < 1.29 is 4.39 Å². The maximum Gasteiger partial charge on any atom is 0.158 e. The van der Waals surface area contributed by atoms with E-state index in [0.717, 1.165) is 22.0 Å². The zero-order valence-corrected chi connectivity index (χ0v) is 13.3. The predicted octanol–water partition coefficient (Wildman–Crippen LogP) is 5.05. The third-order valence-electron chi connectivity index (χ3n) is 3.21. The highest BCUT2D eigenvalue weighted by Gasteiger charge is 2.12. The summed E-state index contributed by atoms with van der Waals surface area (Å²) >= 11 is 5.64. The number of aliphatic imine (C=N–C) groups is 1. The van der Waals surface area contributed by atoms with Crippen molar-refractivity contribution in [2.75, 3.05) is 0 Å². The van der Waals surface area contributed by atoms with Gasteiger partial charge >= 0.3 is 0 Å². The van der Waals surface area contributed by atoms with Crippen LogP contribution in [0.2, 0.25) is 0 Å². The van der Waals surface area contributed by atoms with E-state index in [-0.39, 0.29) is 10.7 Å². The Balaban J connectivity index is 2.51. The molecule has 0 spiro atoms. The fraction of sp³-hybridized carbons (Fsp3) is 0.250. The van der Waals surface area contributed by atoms with Crippen LogP contribution in [0.4, 0.5) is 4.39 Å². The second-order valence-electron chi connectivity index (χ2n) is 5.07. The number of nitrogens with one attached hydrogen (secondary N) is 1. The van der Waals surface area contributed by atoms with Crippen molar-refractivity contribution in [3.05, 3.63) is 46.4 Å². The van der Waals surface area contributed by atoms with Gasteiger partial charge in [-0.05, 0) is 39.3 Å². The lowest BCUT2D eigenvalue weighted by Crippen LogP contribution is -1.95. The first-order valence-electron chi connectivity index (χ1n) is 6.53. The number of allylic oxidation sites excluding steroid dienone is 2. The molecule has 2 rings (SSSR count). The molecule has 0 fully saturated rings. The number of aromatic nitrogens is 2. The molecule has 21 heavy (non-hydrogen) atoms. The summed E-state index contributed by atoms with van der Waals surface area (Å²) in [7, 11) is 0. The number of hydrogen-bond donors (Lipinski definition) is 1. The fourth-order valence-corrected chi connectivity index (χ4v) is 2.38. The Morgan fingerprint density at radius 2 is 2.00 bits per heavy atom. The summed E-state index contributed by atoms with van der Waals surface area (Å²) in [5, 5.41) is 8.21. The van der Waals surface area contributed by atoms with Gasteiger partial charge in [0.25, 0.3) is 0 Å². The maximum absolute atomic E-state index is 13.7. The minimum Gasteiger partial charge on any atom is -0.275 e. The van der Waals surface area contributed by atoms with Crippen molar-refractivity contribution >= 4 is 33.9 Å². The van der Waals surface area contributed by atoms with Crippen LogP contribution >= 0.6 is 11.6 Å². The van der Waals surface area contributed by atoms with Crippen LogP contribution in [0.25, 0.3) is 16.6 Å². The summed E-state index contributed by atoms with van der Waals surface area (Å²) in [4.78, 5) is 4.18. The van der Waals surface area contributed by atoms with Gasteiger partial charge in [-0.25, -0.2) is 9.38 Å². The number of nitrogens with zero attached hydrogens (tertiary/aromatic N) is 2. The number of rotatable bonds is 3. The molecule has 2 aromatic rings. The summed E-state index contributed by atoms with van der Waals surface area (Å²) < 4.78 is 13.7. The zero-order chi connectivity index (χ0) is 15.7. The van der Waals surface area contributed by atoms with Crippen LogP contribution in [0.1, 0.15) is 30.7 Å². The van der Waals surface area contributed by atoms with Crippen molar-refractivity contribution in [1.29, 1.82) is 0 Å². The molecule has 1 N–H and O–H groups in total. The van der Waals surface area contributed by atoms with E-state index in [4.69, 9.17) is 11.6 Å². The van der Waals surface area contributed by atoms with Gasteiger partial charge in [0.1, 0.15) is 0 Å². The lowest BCUT2D eigenvalue weighted by Gasteiger charge is -2.03. The quantitative estimate of drug-likeness (QED) is 0.792. The molecule has 3 nitrogen and oxygen atoms in total. The average molecular weight is 306 g/mol. The maximum atomic E-state index is 13.7. The molecule has 0 bridgehead atoms. The van der Waals surface area contributed by atoms with Crippen LogP contribution in [0.3, 0.4) is 0 Å². The molecule has 0 saturated heterocycles. The van der Waals surface area contributed by atoms with Crippen molar-refractivity contribution in [2.24, 2.45) is 4.99 Å². The molecular formula is C16H17ClFN3. The Morgan fingerprint density at radius 3 is 2.62 bits per heavy atom. The molecule has 110 valence electrons. The minimum absolute atomic E-state index is 0.0743. The zero-order valence-electron chi connectivity index (χ0n) is 12.5. The van der Waals surface area contributed by atoms with E-state index in [0.29, 0.717) is 11.4 Å². The minimum atomic E-state index is -0.533. The number of benzene rings is 1. The summed E-state index contributed by atoms with van der Waals surface area (Å²) in [5.41, 5.74) is 4.38. The van der Waals surface area contributed by atoms with Crippen LogP contribution in [0.5, 0.6) is 0 Å². The van der Waals surface area contributed by atoms with E-state index in [2.05, 4.69) is 27.8 Å². The molecule has 0 amide bonds. The number of aromatic amines is 1. The molecule has 0 radical (unpaired) electrons. The first-order valence-corrected chi connectivity index (χ1v) is 6.91. The molecule has 5 heteroatoms. The smallest absolute Gasteiger partial charge is 0.158 e. The normalized spacial score (nSPS) is 13.5. The van der Waals surface area contributed by atoms with Gasteiger partial charge in [0.05, 0.1) is 27.7 Å². The highest BCUT2D eigenvalue weighted by atomic mass is 35.5. The van der Waals surface area contributed by atoms with Gasteiger partial charge in [-0.3, -0.25) is 5.10 Å². The largest absolute Gasteiger partial charge is 0.275 e. The second-order valence-corrected chi connectivity index (χ2v) is 5.63. The molecule has 1 aromatic heterocycles. The van der Waals surface area contributed by atoms with Gasteiger partial charge in [-0.2, -0.15) is 5.10 Å². The highest BCUT2D eigenvalue weighted by molar-refractivity contribution is 6.31. The fourth-order valence-electron chi connectivity index (χ4n) is 2.25. The topological polar surface area (TPSA) is 41.0 Å². The van der Waals surface area contributed by atoms with E-state index in [1.54, 1.807) is 6.92 Å². The molecule has 0 saturated carbocycles. The van der Waals surface area contributed by atoms with Gasteiger partial charge < -0.3 is 0 Å². The van der Waals surface area contributed by atoms with E-state index in [9.17, 15) is 4.39 Å². The standard InChI is InChI=1S/C16H17ClFN3/c1-8-6-9(2)15-13(7-8)16(21-20-15)12(5)19-11(4)14(18)10(3)17/h6-7H,5H2,1-4H3,(H,20,21)/b14-10-,19-11?. The lowest BCUT2D eigenvalue weighted by molar-refractivity contribution is 0.675.